The van der Waals surface area contributed by atoms with Crippen LogP contribution in [0.25, 0.3) is 0 Å². The van der Waals surface area contributed by atoms with E-state index in [0.717, 1.165) is 0 Å². The Labute approximate surface area is 203 Å². The summed E-state index contributed by atoms with van der Waals surface area (Å²) in [7, 11) is 0. The minimum Gasteiger partial charge on any atom is -0.474 e. The molecule has 3 amide bonds. The number of pyridine rings is 1. The molecule has 0 spiro atoms. The highest BCUT2D eigenvalue weighted by Crippen LogP contribution is 2.31. The first-order chi connectivity index (χ1) is 16.4. The van der Waals surface area contributed by atoms with E-state index >= 15 is 0 Å². The fraction of sp³-hybridized carbons (Fsp3) is 0.476. The lowest BCUT2D eigenvalue weighted by Crippen LogP contribution is -2.65. The Bertz CT molecular complexity index is 1040. The van der Waals surface area contributed by atoms with Crippen molar-refractivity contribution in [1.82, 2.24) is 30.5 Å². The zero-order valence-corrected chi connectivity index (χ0v) is 19.8. The first kappa shape index (κ1) is 24.5. The molecule has 13 heteroatoms. The Balaban J connectivity index is 1.45. The number of nitrogens with one attached hydrogen (secondary N) is 2. The third kappa shape index (κ3) is 5.52. The van der Waals surface area contributed by atoms with Crippen LogP contribution in [0.1, 0.15) is 31.5 Å². The van der Waals surface area contributed by atoms with Crippen molar-refractivity contribution >= 4 is 34.6 Å². The number of halogens is 1. The minimum atomic E-state index is -2.41. The maximum atomic E-state index is 12.9. The smallest absolute Gasteiger partial charge is 0.322 e. The van der Waals surface area contributed by atoms with E-state index < -0.39 is 33.9 Å². The molecule has 0 bridgehead atoms. The third-order valence-corrected chi connectivity index (χ3v) is 7.27. The Morgan fingerprint density at radius 2 is 1.97 bits per heavy atom. The number of rotatable bonds is 9. The van der Waals surface area contributed by atoms with E-state index in [4.69, 9.17) is 16.3 Å². The first-order valence-electron chi connectivity index (χ1n) is 10.9. The van der Waals surface area contributed by atoms with E-state index in [-0.39, 0.29) is 12.5 Å². The minimum absolute atomic E-state index is 0.143. The molecule has 0 aromatic carbocycles. The number of ether oxygens (including phenoxy) is 1. The number of piperidine rings is 1. The average Bonchev–Trinajstić information content (AvgIpc) is 3.10. The molecule has 2 aliphatic heterocycles. The van der Waals surface area contributed by atoms with Crippen LogP contribution in [0.3, 0.4) is 0 Å². The van der Waals surface area contributed by atoms with E-state index in [1.165, 1.54) is 6.20 Å². The zero-order chi connectivity index (χ0) is 24.1. The molecule has 2 aromatic heterocycles. The molecule has 3 atom stereocenters. The van der Waals surface area contributed by atoms with Crippen LogP contribution < -0.4 is 15.4 Å². The molecule has 0 saturated carbocycles. The van der Waals surface area contributed by atoms with E-state index in [1.54, 1.807) is 35.5 Å². The molecule has 182 valence electrons. The van der Waals surface area contributed by atoms with E-state index in [0.29, 0.717) is 55.5 Å². The number of urea groups is 1. The lowest BCUT2D eigenvalue weighted by Gasteiger charge is -2.42. The Hall–Kier alpha value is -2.67. The maximum absolute atomic E-state index is 12.9. The quantitative estimate of drug-likeness (QED) is 0.338. The highest BCUT2D eigenvalue weighted by atomic mass is 35.5. The molecule has 2 fully saturated rings. The van der Waals surface area contributed by atoms with Gasteiger partial charge in [-0.15, -0.1) is 0 Å². The fourth-order valence-corrected chi connectivity index (χ4v) is 5.61. The van der Waals surface area contributed by atoms with Crippen LogP contribution in [0, 0.1) is 0 Å². The topological polar surface area (TPSA) is 147 Å². The predicted molar refractivity (Wildman–Crippen MR) is 123 cm³/mol. The van der Waals surface area contributed by atoms with Gasteiger partial charge in [0.15, 0.2) is 16.6 Å². The second kappa shape index (κ2) is 10.7. The SMILES string of the molecule is O=C1NC(=O)C(CCCc2ncccn2)(C(N2CCC(Oc3ccc(Cl)cn3)CC2)S(=O)O)N1. The number of imide groups is 1. The van der Waals surface area contributed by atoms with Gasteiger partial charge in [-0.1, -0.05) is 11.6 Å². The van der Waals surface area contributed by atoms with Gasteiger partial charge in [0, 0.05) is 44.2 Å². The van der Waals surface area contributed by atoms with Crippen LogP contribution in [0.4, 0.5) is 4.79 Å². The van der Waals surface area contributed by atoms with E-state index in [1.807, 2.05) is 0 Å². The number of nitrogens with zero attached hydrogens (tertiary/aromatic N) is 4. The van der Waals surface area contributed by atoms with Gasteiger partial charge >= 0.3 is 6.03 Å². The van der Waals surface area contributed by atoms with Gasteiger partial charge in [0.2, 0.25) is 5.88 Å². The average molecular weight is 509 g/mol. The second-order valence-electron chi connectivity index (χ2n) is 8.19. The summed E-state index contributed by atoms with van der Waals surface area (Å²) in [5, 5.41) is 4.28. The van der Waals surface area contributed by atoms with Crippen LogP contribution in [-0.2, 0) is 22.3 Å². The Morgan fingerprint density at radius 1 is 1.24 bits per heavy atom. The van der Waals surface area contributed by atoms with Gasteiger partial charge in [-0.3, -0.25) is 15.0 Å². The van der Waals surface area contributed by atoms with Crippen molar-refractivity contribution in [3.05, 3.63) is 47.6 Å². The maximum Gasteiger partial charge on any atom is 0.322 e. The summed E-state index contributed by atoms with van der Waals surface area (Å²) in [5.74, 6) is 0.438. The summed E-state index contributed by atoms with van der Waals surface area (Å²) in [6.45, 7) is 0.809. The third-order valence-electron chi connectivity index (χ3n) is 5.97. The molecule has 2 aromatic rings. The van der Waals surface area contributed by atoms with Crippen molar-refractivity contribution in [2.45, 2.75) is 49.1 Å². The number of likely N-dealkylation sites (tertiary alicyclic amines) is 1. The molecule has 34 heavy (non-hydrogen) atoms. The number of aryl methyl sites for hydroxylation is 1. The van der Waals surface area contributed by atoms with Crippen LogP contribution in [0.2, 0.25) is 5.02 Å². The van der Waals surface area contributed by atoms with Crippen molar-refractivity contribution < 1.29 is 23.1 Å². The highest BCUT2D eigenvalue weighted by Gasteiger charge is 2.56. The second-order valence-corrected chi connectivity index (χ2v) is 9.63. The van der Waals surface area contributed by atoms with Gasteiger partial charge in [-0.2, -0.15) is 0 Å². The van der Waals surface area contributed by atoms with E-state index in [9.17, 15) is 18.4 Å². The first-order valence-corrected chi connectivity index (χ1v) is 12.4. The molecule has 4 heterocycles. The molecule has 3 N–H and O–H groups in total. The molecule has 2 saturated heterocycles. The molecule has 0 radical (unpaired) electrons. The monoisotopic (exact) mass is 508 g/mol. The van der Waals surface area contributed by atoms with Crippen molar-refractivity contribution in [2.24, 2.45) is 0 Å². The van der Waals surface area contributed by atoms with Crippen molar-refractivity contribution in [2.75, 3.05) is 13.1 Å². The van der Waals surface area contributed by atoms with Crippen molar-refractivity contribution in [3.63, 3.8) is 0 Å². The molecule has 11 nitrogen and oxygen atoms in total. The summed E-state index contributed by atoms with van der Waals surface area (Å²) < 4.78 is 28.7. The van der Waals surface area contributed by atoms with Crippen LogP contribution in [0.15, 0.2) is 36.8 Å². The largest absolute Gasteiger partial charge is 0.474 e. The number of hydrogen-bond acceptors (Lipinski definition) is 8. The van der Waals surface area contributed by atoms with Crippen LogP contribution in [-0.4, -0.2) is 70.7 Å². The summed E-state index contributed by atoms with van der Waals surface area (Å²) in [6.07, 6.45) is 6.78. The van der Waals surface area contributed by atoms with Gasteiger partial charge in [-0.25, -0.2) is 24.0 Å². The van der Waals surface area contributed by atoms with Gasteiger partial charge in [-0.05, 0) is 37.8 Å². The number of hydrogen-bond donors (Lipinski definition) is 3. The molecular formula is C21H25ClN6O5S. The van der Waals surface area contributed by atoms with Gasteiger partial charge in [0.25, 0.3) is 5.91 Å². The predicted octanol–water partition coefficient (Wildman–Crippen LogP) is 1.52. The molecule has 3 unspecified atom stereocenters. The van der Waals surface area contributed by atoms with Crippen molar-refractivity contribution in [1.29, 1.82) is 0 Å². The van der Waals surface area contributed by atoms with Crippen LogP contribution in [0.5, 0.6) is 5.88 Å². The summed E-state index contributed by atoms with van der Waals surface area (Å²) >= 11 is 3.45. The molecule has 2 aliphatic rings. The van der Waals surface area contributed by atoms with Crippen molar-refractivity contribution in [3.8, 4) is 5.88 Å². The number of amides is 3. The van der Waals surface area contributed by atoms with Gasteiger partial charge in [0.1, 0.15) is 17.3 Å². The van der Waals surface area contributed by atoms with Crippen LogP contribution >= 0.6 is 11.6 Å². The van der Waals surface area contributed by atoms with Gasteiger partial charge in [0.05, 0.1) is 5.02 Å². The van der Waals surface area contributed by atoms with Gasteiger partial charge < -0.3 is 14.6 Å². The number of carbonyl (C=O) groups excluding carboxylic acids is 2. The Kier molecular flexibility index (Phi) is 7.71. The molecule has 4 rings (SSSR count). The molecular weight excluding hydrogens is 484 g/mol. The van der Waals surface area contributed by atoms with E-state index in [2.05, 4.69) is 25.6 Å². The number of aromatic nitrogens is 3. The fourth-order valence-electron chi connectivity index (χ4n) is 4.41. The lowest BCUT2D eigenvalue weighted by molar-refractivity contribution is -0.126. The highest BCUT2D eigenvalue weighted by molar-refractivity contribution is 7.80. The molecule has 0 aliphatic carbocycles. The zero-order valence-electron chi connectivity index (χ0n) is 18.2. The standard InChI is InChI=1S/C21H25ClN6O5S/c22-14-4-5-17(25-13-14)33-15-6-11-28(12-7-15)19(34(31)32)21(18(29)26-20(30)27-21)8-1-3-16-23-9-2-10-24-16/h2,4-5,9-10,13,15,19H,1,3,6-8,11-12H2,(H,31,32)(H2,26,27,29,30). The normalized spacial score (nSPS) is 23.2. The lowest BCUT2D eigenvalue weighted by atomic mass is 9.90. The number of carbonyl (C=O) groups is 2. The Morgan fingerprint density at radius 3 is 2.56 bits per heavy atom. The summed E-state index contributed by atoms with van der Waals surface area (Å²) in [4.78, 5) is 39.3. The summed E-state index contributed by atoms with van der Waals surface area (Å²) in [5.41, 5.74) is -1.54. The summed E-state index contributed by atoms with van der Waals surface area (Å²) in [6, 6.07) is 4.40.